The number of carboxylic acid groups (broad SMARTS) is 1. The van der Waals surface area contributed by atoms with E-state index in [0.29, 0.717) is 25.4 Å². The SMILES string of the molecule is CC(C)CCN(C)C(=O)N1CCCC1C(=O)O. The van der Waals surface area contributed by atoms with Crippen molar-refractivity contribution in [2.75, 3.05) is 20.1 Å². The van der Waals surface area contributed by atoms with Gasteiger partial charge in [0.05, 0.1) is 0 Å². The van der Waals surface area contributed by atoms with Gasteiger partial charge in [0.1, 0.15) is 6.04 Å². The fourth-order valence-corrected chi connectivity index (χ4v) is 2.02. The molecule has 0 spiro atoms. The van der Waals surface area contributed by atoms with E-state index in [0.717, 1.165) is 12.8 Å². The molecule has 1 saturated heterocycles. The topological polar surface area (TPSA) is 60.9 Å². The van der Waals surface area contributed by atoms with E-state index in [2.05, 4.69) is 13.8 Å². The molecule has 0 aliphatic carbocycles. The molecule has 5 heteroatoms. The summed E-state index contributed by atoms with van der Waals surface area (Å²) in [5, 5.41) is 9.02. The zero-order valence-corrected chi connectivity index (χ0v) is 10.8. The number of hydrogen-bond donors (Lipinski definition) is 1. The van der Waals surface area contributed by atoms with Gasteiger partial charge in [-0.1, -0.05) is 13.8 Å². The smallest absolute Gasteiger partial charge is 0.326 e. The van der Waals surface area contributed by atoms with Crippen molar-refractivity contribution in [2.45, 2.75) is 39.2 Å². The van der Waals surface area contributed by atoms with E-state index in [4.69, 9.17) is 5.11 Å². The molecule has 5 nitrogen and oxygen atoms in total. The van der Waals surface area contributed by atoms with Gasteiger partial charge in [-0.25, -0.2) is 9.59 Å². The van der Waals surface area contributed by atoms with Crippen LogP contribution in [0.3, 0.4) is 0 Å². The van der Waals surface area contributed by atoms with Gasteiger partial charge in [-0.05, 0) is 25.2 Å². The van der Waals surface area contributed by atoms with E-state index >= 15 is 0 Å². The van der Waals surface area contributed by atoms with Crippen LogP contribution in [0.5, 0.6) is 0 Å². The maximum atomic E-state index is 12.1. The van der Waals surface area contributed by atoms with Gasteiger partial charge < -0.3 is 14.9 Å². The minimum atomic E-state index is -0.895. The molecule has 0 aromatic heterocycles. The molecule has 98 valence electrons. The van der Waals surface area contributed by atoms with Crippen LogP contribution in [0.1, 0.15) is 33.1 Å². The number of carbonyl (C=O) groups excluding carboxylic acids is 1. The normalized spacial score (nSPS) is 19.8. The van der Waals surface area contributed by atoms with E-state index in [1.807, 2.05) is 0 Å². The number of aliphatic carboxylic acids is 1. The molecular weight excluding hydrogens is 220 g/mol. The standard InChI is InChI=1S/C12H22N2O3/c1-9(2)6-8-13(3)12(17)14-7-4-5-10(14)11(15)16/h9-10H,4-8H2,1-3H3,(H,15,16). The molecule has 1 aliphatic rings. The molecule has 0 radical (unpaired) electrons. The van der Waals surface area contributed by atoms with Crippen molar-refractivity contribution in [1.29, 1.82) is 0 Å². The second-order valence-electron chi connectivity index (χ2n) is 5.08. The molecule has 0 aromatic carbocycles. The van der Waals surface area contributed by atoms with Crippen molar-refractivity contribution in [2.24, 2.45) is 5.92 Å². The van der Waals surface area contributed by atoms with E-state index in [-0.39, 0.29) is 6.03 Å². The van der Waals surface area contributed by atoms with Crippen molar-refractivity contribution in [3.8, 4) is 0 Å². The average molecular weight is 242 g/mol. The fourth-order valence-electron chi connectivity index (χ4n) is 2.02. The summed E-state index contributed by atoms with van der Waals surface area (Å²) in [5.41, 5.74) is 0. The molecule has 1 rings (SSSR count). The first kappa shape index (κ1) is 13.8. The Morgan fingerprint density at radius 2 is 2.12 bits per heavy atom. The van der Waals surface area contributed by atoms with Gasteiger partial charge in [-0.2, -0.15) is 0 Å². The summed E-state index contributed by atoms with van der Waals surface area (Å²) in [5.74, 6) is -0.354. The second-order valence-corrected chi connectivity index (χ2v) is 5.08. The van der Waals surface area contributed by atoms with Crippen molar-refractivity contribution in [3.05, 3.63) is 0 Å². The number of nitrogens with zero attached hydrogens (tertiary/aromatic N) is 2. The van der Waals surface area contributed by atoms with Crippen LogP contribution in [0.2, 0.25) is 0 Å². The zero-order valence-electron chi connectivity index (χ0n) is 10.8. The summed E-state index contributed by atoms with van der Waals surface area (Å²) in [7, 11) is 1.74. The highest BCUT2D eigenvalue weighted by Crippen LogP contribution is 2.19. The number of carboxylic acids is 1. The molecule has 2 amide bonds. The van der Waals surface area contributed by atoms with E-state index in [1.54, 1.807) is 11.9 Å². The van der Waals surface area contributed by atoms with E-state index in [1.165, 1.54) is 4.90 Å². The summed E-state index contributed by atoms with van der Waals surface area (Å²) < 4.78 is 0. The minimum absolute atomic E-state index is 0.157. The predicted molar refractivity (Wildman–Crippen MR) is 64.8 cm³/mol. The van der Waals surface area contributed by atoms with Gasteiger partial charge >= 0.3 is 12.0 Å². The Kier molecular flexibility index (Phi) is 4.78. The van der Waals surface area contributed by atoms with Gasteiger partial charge in [0.25, 0.3) is 0 Å². The lowest BCUT2D eigenvalue weighted by molar-refractivity contribution is -0.141. The Balaban J connectivity index is 2.53. The maximum absolute atomic E-state index is 12.1. The highest BCUT2D eigenvalue weighted by Gasteiger charge is 2.35. The number of rotatable bonds is 4. The average Bonchev–Trinajstić information content (AvgIpc) is 2.73. The van der Waals surface area contributed by atoms with Crippen LogP contribution < -0.4 is 0 Å². The molecule has 0 saturated carbocycles. The van der Waals surface area contributed by atoms with E-state index < -0.39 is 12.0 Å². The van der Waals surface area contributed by atoms with Crippen molar-refractivity contribution < 1.29 is 14.7 Å². The summed E-state index contributed by atoms with van der Waals surface area (Å²) in [6, 6.07) is -0.792. The Morgan fingerprint density at radius 3 is 2.65 bits per heavy atom. The zero-order chi connectivity index (χ0) is 13.0. The second kappa shape index (κ2) is 5.89. The first-order valence-corrected chi connectivity index (χ1v) is 6.18. The molecule has 1 atom stereocenters. The van der Waals surface area contributed by atoms with Crippen molar-refractivity contribution in [1.82, 2.24) is 9.80 Å². The fraction of sp³-hybridized carbons (Fsp3) is 0.833. The molecule has 1 unspecified atom stereocenters. The lowest BCUT2D eigenvalue weighted by Gasteiger charge is -2.28. The molecule has 1 aliphatic heterocycles. The predicted octanol–water partition coefficient (Wildman–Crippen LogP) is 1.63. The molecule has 1 N–H and O–H groups in total. The van der Waals surface area contributed by atoms with Gasteiger partial charge in [0.2, 0.25) is 0 Å². The van der Waals surface area contributed by atoms with Gasteiger partial charge in [-0.3, -0.25) is 0 Å². The lowest BCUT2D eigenvalue weighted by Crippen LogP contribution is -2.47. The molecule has 17 heavy (non-hydrogen) atoms. The number of likely N-dealkylation sites (tertiary alicyclic amines) is 1. The van der Waals surface area contributed by atoms with Crippen LogP contribution in [0.4, 0.5) is 4.79 Å². The first-order chi connectivity index (χ1) is 7.93. The third kappa shape index (κ3) is 3.61. The van der Waals surface area contributed by atoms with Crippen LogP contribution in [0.25, 0.3) is 0 Å². The largest absolute Gasteiger partial charge is 0.480 e. The molecule has 1 heterocycles. The Bertz CT molecular complexity index is 291. The van der Waals surface area contributed by atoms with Crippen LogP contribution in [0.15, 0.2) is 0 Å². The molecule has 0 aromatic rings. The van der Waals surface area contributed by atoms with Crippen LogP contribution in [-0.4, -0.2) is 53.1 Å². The summed E-state index contributed by atoms with van der Waals surface area (Å²) >= 11 is 0. The number of urea groups is 1. The first-order valence-electron chi connectivity index (χ1n) is 6.18. The van der Waals surface area contributed by atoms with Gasteiger partial charge in [0, 0.05) is 20.1 Å². The van der Waals surface area contributed by atoms with Crippen LogP contribution >= 0.6 is 0 Å². The Hall–Kier alpha value is -1.26. The molecule has 1 fully saturated rings. The van der Waals surface area contributed by atoms with Crippen molar-refractivity contribution in [3.63, 3.8) is 0 Å². The van der Waals surface area contributed by atoms with Crippen LogP contribution in [0, 0.1) is 5.92 Å². The van der Waals surface area contributed by atoms with Gasteiger partial charge in [0.15, 0.2) is 0 Å². The number of amides is 2. The lowest BCUT2D eigenvalue weighted by atomic mass is 10.1. The maximum Gasteiger partial charge on any atom is 0.326 e. The van der Waals surface area contributed by atoms with E-state index in [9.17, 15) is 9.59 Å². The highest BCUT2D eigenvalue weighted by atomic mass is 16.4. The number of carbonyl (C=O) groups is 2. The summed E-state index contributed by atoms with van der Waals surface area (Å²) in [4.78, 5) is 26.2. The molecule has 0 bridgehead atoms. The highest BCUT2D eigenvalue weighted by molar-refractivity contribution is 5.83. The number of hydrogen-bond acceptors (Lipinski definition) is 2. The van der Waals surface area contributed by atoms with Crippen molar-refractivity contribution >= 4 is 12.0 Å². The summed E-state index contributed by atoms with van der Waals surface area (Å²) in [6.07, 6.45) is 2.29. The Labute approximate surface area is 102 Å². The van der Waals surface area contributed by atoms with Gasteiger partial charge in [-0.15, -0.1) is 0 Å². The third-order valence-electron chi connectivity index (χ3n) is 3.15. The quantitative estimate of drug-likeness (QED) is 0.815. The Morgan fingerprint density at radius 1 is 1.47 bits per heavy atom. The summed E-state index contributed by atoms with van der Waals surface area (Å²) in [6.45, 7) is 5.45. The van der Waals surface area contributed by atoms with Crippen LogP contribution in [-0.2, 0) is 4.79 Å². The monoisotopic (exact) mass is 242 g/mol. The minimum Gasteiger partial charge on any atom is -0.480 e. The molecular formula is C12H22N2O3. The third-order valence-corrected chi connectivity index (χ3v) is 3.15.